The summed E-state index contributed by atoms with van der Waals surface area (Å²) in [5.74, 6) is 0.00272. The molecule has 1 unspecified atom stereocenters. The summed E-state index contributed by atoms with van der Waals surface area (Å²) in [6, 6.07) is 18.2. The summed E-state index contributed by atoms with van der Waals surface area (Å²) in [6.45, 7) is 5.31. The number of carbonyl (C=O) groups is 1. The maximum atomic E-state index is 12.6. The number of amides is 1. The molecule has 214 valence electrons. The number of halogens is 2. The van der Waals surface area contributed by atoms with Crippen LogP contribution in [0.2, 0.25) is 10.0 Å². The molecule has 0 radical (unpaired) electrons. The van der Waals surface area contributed by atoms with Crippen molar-refractivity contribution in [2.24, 2.45) is 0 Å². The zero-order valence-electron chi connectivity index (χ0n) is 22.6. The maximum Gasteiger partial charge on any atom is 0.306 e. The van der Waals surface area contributed by atoms with Crippen LogP contribution in [0.5, 0.6) is 5.75 Å². The Morgan fingerprint density at radius 1 is 1.07 bits per heavy atom. The molecule has 0 spiro atoms. The van der Waals surface area contributed by atoms with Gasteiger partial charge in [0.15, 0.2) is 0 Å². The van der Waals surface area contributed by atoms with Crippen LogP contribution in [0, 0.1) is 0 Å². The van der Waals surface area contributed by atoms with Crippen LogP contribution in [0.3, 0.4) is 0 Å². The molecule has 1 aromatic heterocycles. The van der Waals surface area contributed by atoms with Gasteiger partial charge in [-0.15, -0.1) is 0 Å². The van der Waals surface area contributed by atoms with Crippen molar-refractivity contribution < 1.29 is 17.4 Å². The first-order valence-corrected chi connectivity index (χ1v) is 15.8. The van der Waals surface area contributed by atoms with Gasteiger partial charge >= 0.3 is 10.1 Å². The Balaban J connectivity index is 1.35. The number of rotatable bonds is 11. The number of hydrogen-bond donors (Lipinski definition) is 1. The zero-order valence-corrected chi connectivity index (χ0v) is 24.9. The van der Waals surface area contributed by atoms with Gasteiger partial charge in [0.1, 0.15) is 5.75 Å². The van der Waals surface area contributed by atoms with Crippen molar-refractivity contribution in [1.29, 1.82) is 0 Å². The molecule has 1 fully saturated rings. The largest absolute Gasteiger partial charge is 0.383 e. The fourth-order valence-corrected chi connectivity index (χ4v) is 6.01. The topological polar surface area (TPSA) is 91.8 Å². The molecular formula is C29H34Cl2N4O4S. The highest BCUT2D eigenvalue weighted by atomic mass is 35.5. The van der Waals surface area contributed by atoms with Crippen molar-refractivity contribution in [2.45, 2.75) is 44.8 Å². The number of likely N-dealkylation sites (tertiary alicyclic amines) is 1. The average molecular weight is 606 g/mol. The fourth-order valence-electron chi connectivity index (χ4n) is 5.01. The second kappa shape index (κ2) is 13.7. The van der Waals surface area contributed by atoms with Gasteiger partial charge in [-0.2, -0.15) is 8.42 Å². The first kappa shape index (κ1) is 30.1. The highest BCUT2D eigenvalue weighted by Crippen LogP contribution is 2.29. The van der Waals surface area contributed by atoms with Crippen LogP contribution < -0.4 is 14.4 Å². The minimum atomic E-state index is -3.58. The molecular weight excluding hydrogens is 571 g/mol. The van der Waals surface area contributed by atoms with E-state index in [0.717, 1.165) is 50.8 Å². The van der Waals surface area contributed by atoms with Gasteiger partial charge in [0, 0.05) is 56.3 Å². The second-order valence-electron chi connectivity index (χ2n) is 10.0. The number of anilines is 1. The molecule has 2 aromatic carbocycles. The number of aromatic nitrogens is 1. The molecule has 2 heterocycles. The lowest BCUT2D eigenvalue weighted by Crippen LogP contribution is -2.48. The Bertz CT molecular complexity index is 1360. The Labute approximate surface area is 246 Å². The lowest BCUT2D eigenvalue weighted by molar-refractivity contribution is 0.0945. The van der Waals surface area contributed by atoms with Crippen LogP contribution in [-0.4, -0.2) is 62.2 Å². The molecule has 8 nitrogen and oxygen atoms in total. The number of carbonyl (C=O) groups excluding carboxylic acids is 1. The molecule has 1 atom stereocenters. The summed E-state index contributed by atoms with van der Waals surface area (Å²) in [5.41, 5.74) is 2.48. The maximum absolute atomic E-state index is 12.6. The molecule has 0 saturated carbocycles. The smallest absolute Gasteiger partial charge is 0.306 e. The van der Waals surface area contributed by atoms with E-state index in [2.05, 4.69) is 39.2 Å². The summed E-state index contributed by atoms with van der Waals surface area (Å²) < 4.78 is 28.1. The molecule has 1 aliphatic heterocycles. The van der Waals surface area contributed by atoms with Crippen LogP contribution in [0.4, 0.5) is 5.69 Å². The van der Waals surface area contributed by atoms with Gasteiger partial charge < -0.3 is 19.3 Å². The summed E-state index contributed by atoms with van der Waals surface area (Å²) >= 11 is 12.2. The fraction of sp³-hybridized carbons (Fsp3) is 0.379. The second-order valence-corrected chi connectivity index (χ2v) is 12.4. The van der Waals surface area contributed by atoms with Crippen LogP contribution in [0.1, 0.15) is 42.1 Å². The highest BCUT2D eigenvalue weighted by molar-refractivity contribution is 7.86. The highest BCUT2D eigenvalue weighted by Gasteiger charge is 2.27. The number of benzene rings is 2. The van der Waals surface area contributed by atoms with Gasteiger partial charge in [0.25, 0.3) is 5.91 Å². The minimum absolute atomic E-state index is 0.234. The molecule has 0 aliphatic carbocycles. The van der Waals surface area contributed by atoms with E-state index in [1.54, 1.807) is 12.1 Å². The predicted octanol–water partition coefficient (Wildman–Crippen LogP) is 5.41. The molecule has 1 saturated heterocycles. The predicted molar refractivity (Wildman–Crippen MR) is 160 cm³/mol. The summed E-state index contributed by atoms with van der Waals surface area (Å²) in [6.07, 6.45) is 6.62. The van der Waals surface area contributed by atoms with Gasteiger partial charge in [-0.25, -0.2) is 0 Å². The molecule has 40 heavy (non-hydrogen) atoms. The molecule has 4 rings (SSSR count). The first-order chi connectivity index (χ1) is 19.1. The summed E-state index contributed by atoms with van der Waals surface area (Å²) in [4.78, 5) is 21.3. The molecule has 1 aliphatic rings. The van der Waals surface area contributed by atoms with Crippen molar-refractivity contribution in [3.8, 4) is 5.75 Å². The Morgan fingerprint density at radius 2 is 1.70 bits per heavy atom. The van der Waals surface area contributed by atoms with Crippen molar-refractivity contribution in [3.05, 3.63) is 88.2 Å². The van der Waals surface area contributed by atoms with Crippen LogP contribution in [0.15, 0.2) is 67.0 Å². The van der Waals surface area contributed by atoms with E-state index in [9.17, 15) is 13.2 Å². The van der Waals surface area contributed by atoms with Gasteiger partial charge in [-0.1, -0.05) is 53.5 Å². The molecule has 0 bridgehead atoms. The van der Waals surface area contributed by atoms with E-state index >= 15 is 0 Å². The SMILES string of the molecule is CC(CCNC(=O)c1c(Cl)cncc1Cl)N1CCC(N(Cc2ccccc2)c2ccc(OS(C)(=O)=O)cc2)CC1. The number of nitrogens with one attached hydrogen (secondary N) is 1. The first-order valence-electron chi connectivity index (χ1n) is 13.2. The van der Waals surface area contributed by atoms with Crippen molar-refractivity contribution in [1.82, 2.24) is 15.2 Å². The standard InChI is InChI=1S/C29H34Cl2N4O4S/c1-21(12-15-33-29(36)28-26(30)18-32-19-27(28)31)34-16-13-24(14-17-34)35(20-22-6-4-3-5-7-22)23-8-10-25(11-9-23)39-40(2,37)38/h3-11,18-19,21,24H,12-17,20H2,1-2H3,(H,33,36). The normalized spacial score (nSPS) is 15.4. The van der Waals surface area contributed by atoms with E-state index in [1.807, 2.05) is 30.3 Å². The third-order valence-corrected chi connectivity index (χ3v) is 8.17. The van der Waals surface area contributed by atoms with Crippen molar-refractivity contribution >= 4 is 44.9 Å². The zero-order chi connectivity index (χ0) is 28.7. The van der Waals surface area contributed by atoms with E-state index in [-0.39, 0.29) is 21.5 Å². The van der Waals surface area contributed by atoms with Crippen molar-refractivity contribution in [2.75, 3.05) is 30.8 Å². The van der Waals surface area contributed by atoms with E-state index in [4.69, 9.17) is 27.4 Å². The monoisotopic (exact) mass is 604 g/mol. The number of pyridine rings is 1. The number of nitrogens with zero attached hydrogens (tertiary/aromatic N) is 3. The molecule has 1 N–H and O–H groups in total. The quantitative estimate of drug-likeness (QED) is 0.293. The van der Waals surface area contributed by atoms with Gasteiger partial charge in [0.2, 0.25) is 0 Å². The lowest BCUT2D eigenvalue weighted by Gasteiger charge is -2.42. The van der Waals surface area contributed by atoms with E-state index in [1.165, 1.54) is 18.0 Å². The molecule has 3 aromatic rings. The van der Waals surface area contributed by atoms with Gasteiger partial charge in [0.05, 0.1) is 21.9 Å². The Hall–Kier alpha value is -2.85. The Morgan fingerprint density at radius 3 is 2.30 bits per heavy atom. The summed E-state index contributed by atoms with van der Waals surface area (Å²) in [7, 11) is -3.58. The average Bonchev–Trinajstić information content (AvgIpc) is 2.92. The third-order valence-electron chi connectivity index (χ3n) is 7.10. The lowest BCUT2D eigenvalue weighted by atomic mass is 9.99. The van der Waals surface area contributed by atoms with Gasteiger partial charge in [-0.3, -0.25) is 9.78 Å². The van der Waals surface area contributed by atoms with E-state index < -0.39 is 10.1 Å². The van der Waals surface area contributed by atoms with E-state index in [0.29, 0.717) is 24.4 Å². The van der Waals surface area contributed by atoms with Crippen LogP contribution in [0.25, 0.3) is 0 Å². The Kier molecular flexibility index (Phi) is 10.3. The third kappa shape index (κ3) is 8.33. The molecule has 1 amide bonds. The molecule has 11 heteroatoms. The number of piperidine rings is 1. The number of hydrogen-bond acceptors (Lipinski definition) is 7. The van der Waals surface area contributed by atoms with Crippen molar-refractivity contribution in [3.63, 3.8) is 0 Å². The van der Waals surface area contributed by atoms with Crippen LogP contribution >= 0.6 is 23.2 Å². The summed E-state index contributed by atoms with van der Waals surface area (Å²) in [5, 5.41) is 3.39. The van der Waals surface area contributed by atoms with Gasteiger partial charge in [-0.05, 0) is 56.0 Å². The van der Waals surface area contributed by atoms with Crippen LogP contribution in [-0.2, 0) is 16.7 Å². The minimum Gasteiger partial charge on any atom is -0.383 e.